The summed E-state index contributed by atoms with van der Waals surface area (Å²) >= 11 is 0. The van der Waals surface area contributed by atoms with Crippen molar-refractivity contribution in [3.8, 4) is 0 Å². The van der Waals surface area contributed by atoms with Crippen molar-refractivity contribution >= 4 is 24.3 Å². The molecular weight excluding hydrogens is 388 g/mol. The molecule has 0 spiro atoms. The van der Waals surface area contributed by atoms with E-state index in [4.69, 9.17) is 4.52 Å². The molecule has 1 unspecified atom stereocenters. The number of benzene rings is 1. The molecule has 144 valence electrons. The number of halogens is 3. The average molecular weight is 402 g/mol. The van der Waals surface area contributed by atoms with E-state index in [1.807, 2.05) is 0 Å². The van der Waals surface area contributed by atoms with E-state index in [0.29, 0.717) is 26.2 Å². The maximum Gasteiger partial charge on any atom is 0.419 e. The Morgan fingerprint density at radius 3 is 2.33 bits per heavy atom. The normalized spacial score (nSPS) is 19.2. The zero-order valence-electron chi connectivity index (χ0n) is 13.8. The van der Waals surface area contributed by atoms with Crippen molar-refractivity contribution in [2.24, 2.45) is 0 Å². The zero-order chi connectivity index (χ0) is 19.4. The Balaban J connectivity index is 1.83. The fourth-order valence-corrected chi connectivity index (χ4v) is 5.22. The average Bonchev–Trinajstić information content (AvgIpc) is 3.48. The second-order valence-electron chi connectivity index (χ2n) is 6.26. The van der Waals surface area contributed by atoms with Gasteiger partial charge in [-0.1, -0.05) is 6.07 Å². The molecule has 0 radical (unpaired) electrons. The highest BCUT2D eigenvalue weighted by Gasteiger charge is 2.55. The van der Waals surface area contributed by atoms with E-state index in [2.05, 4.69) is 4.98 Å². The largest absolute Gasteiger partial charge is 0.419 e. The maximum atomic E-state index is 13.9. The van der Waals surface area contributed by atoms with Crippen LogP contribution in [0.3, 0.4) is 0 Å². The summed E-state index contributed by atoms with van der Waals surface area (Å²) in [4.78, 5) is 14.3. The molecule has 1 atom stereocenters. The van der Waals surface area contributed by atoms with Crippen LogP contribution in [0.5, 0.6) is 0 Å². The third-order valence-electron chi connectivity index (χ3n) is 4.36. The number of hydrogen-bond donors (Lipinski definition) is 0. The van der Waals surface area contributed by atoms with Gasteiger partial charge in [-0.25, -0.2) is 14.3 Å². The van der Waals surface area contributed by atoms with E-state index in [9.17, 15) is 27.9 Å². The molecule has 2 aliphatic heterocycles. The SMILES string of the molecule is O=[N+]([O-])c1ccc(C(OP(=O)(N2CC2)N2CC2)C(F)(F)F)c2cccnc12. The number of nitro groups is 1. The first kappa shape index (κ1) is 18.3. The van der Waals surface area contributed by atoms with E-state index in [1.54, 1.807) is 0 Å². The highest BCUT2D eigenvalue weighted by molar-refractivity contribution is 7.54. The van der Waals surface area contributed by atoms with Gasteiger partial charge in [-0.05, 0) is 12.1 Å². The summed E-state index contributed by atoms with van der Waals surface area (Å²) in [5, 5.41) is 11.1. The van der Waals surface area contributed by atoms with Gasteiger partial charge >= 0.3 is 13.8 Å². The van der Waals surface area contributed by atoms with E-state index in [0.717, 1.165) is 12.1 Å². The van der Waals surface area contributed by atoms with E-state index < -0.39 is 30.6 Å². The molecule has 4 rings (SSSR count). The number of hydrogen-bond acceptors (Lipinski definition) is 5. The van der Waals surface area contributed by atoms with Crippen LogP contribution in [-0.2, 0) is 9.09 Å². The van der Waals surface area contributed by atoms with Crippen LogP contribution >= 0.6 is 7.67 Å². The van der Waals surface area contributed by atoms with Crippen molar-refractivity contribution in [2.45, 2.75) is 12.3 Å². The number of alkyl halides is 3. The van der Waals surface area contributed by atoms with Crippen LogP contribution in [0.4, 0.5) is 18.9 Å². The lowest BCUT2D eigenvalue weighted by atomic mass is 10.0. The molecule has 3 heterocycles. The first-order chi connectivity index (χ1) is 12.7. The van der Waals surface area contributed by atoms with Crippen LogP contribution in [0.15, 0.2) is 30.5 Å². The third kappa shape index (κ3) is 3.31. The highest BCUT2D eigenvalue weighted by atomic mass is 31.2. The number of non-ortho nitro benzene ring substituents is 1. The summed E-state index contributed by atoms with van der Waals surface area (Å²) in [6, 6.07) is 4.66. The molecule has 2 aromatic rings. The maximum absolute atomic E-state index is 13.9. The van der Waals surface area contributed by atoms with Crippen LogP contribution in [-0.4, -0.2) is 51.6 Å². The summed E-state index contributed by atoms with van der Waals surface area (Å²) < 4.78 is 62.6. The lowest BCUT2D eigenvalue weighted by Crippen LogP contribution is -2.25. The molecule has 0 aliphatic carbocycles. The molecule has 0 bridgehead atoms. The molecule has 12 heteroatoms. The Morgan fingerprint density at radius 2 is 1.81 bits per heavy atom. The van der Waals surface area contributed by atoms with E-state index in [-0.39, 0.29) is 16.5 Å². The fraction of sp³-hybridized carbons (Fsp3) is 0.400. The molecule has 27 heavy (non-hydrogen) atoms. The Bertz CT molecular complexity index is 946. The first-order valence-corrected chi connectivity index (χ1v) is 9.63. The second-order valence-corrected chi connectivity index (χ2v) is 8.58. The second kappa shape index (κ2) is 6.23. The summed E-state index contributed by atoms with van der Waals surface area (Å²) in [6.45, 7) is 1.61. The van der Waals surface area contributed by atoms with Crippen molar-refractivity contribution in [1.82, 2.24) is 14.3 Å². The summed E-state index contributed by atoms with van der Waals surface area (Å²) in [7, 11) is -3.78. The number of nitro benzene ring substituents is 1. The molecule has 2 fully saturated rings. The van der Waals surface area contributed by atoms with Gasteiger partial charge in [0.1, 0.15) is 5.52 Å². The summed E-state index contributed by atoms with van der Waals surface area (Å²) in [6.07, 6.45) is -6.09. The van der Waals surface area contributed by atoms with Gasteiger partial charge in [-0.15, -0.1) is 0 Å². The minimum absolute atomic E-state index is 0.0582. The smallest absolute Gasteiger partial charge is 0.288 e. The minimum Gasteiger partial charge on any atom is -0.288 e. The van der Waals surface area contributed by atoms with E-state index >= 15 is 0 Å². The van der Waals surface area contributed by atoms with Crippen LogP contribution < -0.4 is 0 Å². The molecule has 1 aromatic carbocycles. The van der Waals surface area contributed by atoms with Crippen molar-refractivity contribution in [3.05, 3.63) is 46.1 Å². The monoisotopic (exact) mass is 402 g/mol. The molecule has 0 saturated carbocycles. The Kier molecular flexibility index (Phi) is 4.22. The van der Waals surface area contributed by atoms with Gasteiger partial charge in [0.05, 0.1) is 4.92 Å². The number of aromatic nitrogens is 1. The van der Waals surface area contributed by atoms with Gasteiger partial charge in [0, 0.05) is 49.4 Å². The molecule has 2 saturated heterocycles. The number of pyridine rings is 1. The standard InChI is InChI=1S/C15H14F3N4O4P/c16-15(17,18)14(26-27(25,20-6-7-20)21-8-9-21)11-3-4-12(22(23)24)13-10(11)2-1-5-19-13/h1-5,14H,6-9H2. The Labute approximate surface area is 151 Å². The zero-order valence-corrected chi connectivity index (χ0v) is 14.7. The molecule has 0 amide bonds. The molecule has 0 N–H and O–H groups in total. The predicted octanol–water partition coefficient (Wildman–Crippen LogP) is 3.50. The fourth-order valence-electron chi connectivity index (χ4n) is 2.89. The van der Waals surface area contributed by atoms with Crippen LogP contribution in [0.2, 0.25) is 0 Å². The lowest BCUT2D eigenvalue weighted by Gasteiger charge is -2.28. The van der Waals surface area contributed by atoms with Crippen LogP contribution in [0.1, 0.15) is 11.7 Å². The van der Waals surface area contributed by atoms with Crippen molar-refractivity contribution in [2.75, 3.05) is 26.2 Å². The van der Waals surface area contributed by atoms with Gasteiger partial charge in [0.2, 0.25) is 0 Å². The molecule has 8 nitrogen and oxygen atoms in total. The number of fused-ring (bicyclic) bond motifs is 1. The first-order valence-electron chi connectivity index (χ1n) is 8.10. The number of rotatable bonds is 6. The van der Waals surface area contributed by atoms with Gasteiger partial charge in [0.15, 0.2) is 6.10 Å². The predicted molar refractivity (Wildman–Crippen MR) is 89.0 cm³/mol. The molecule has 1 aromatic heterocycles. The summed E-state index contributed by atoms with van der Waals surface area (Å²) in [5.74, 6) is 0. The van der Waals surface area contributed by atoms with Crippen molar-refractivity contribution in [3.63, 3.8) is 0 Å². The van der Waals surface area contributed by atoms with Gasteiger partial charge in [-0.3, -0.25) is 19.2 Å². The number of nitrogens with zero attached hydrogens (tertiary/aromatic N) is 4. The van der Waals surface area contributed by atoms with Gasteiger partial charge < -0.3 is 0 Å². The third-order valence-corrected chi connectivity index (χ3v) is 7.08. The van der Waals surface area contributed by atoms with E-state index in [1.165, 1.54) is 27.7 Å². The lowest BCUT2D eigenvalue weighted by molar-refractivity contribution is -0.383. The van der Waals surface area contributed by atoms with Crippen molar-refractivity contribution in [1.29, 1.82) is 0 Å². The van der Waals surface area contributed by atoms with Gasteiger partial charge in [-0.2, -0.15) is 13.2 Å². The molecule has 2 aliphatic rings. The Morgan fingerprint density at radius 1 is 1.19 bits per heavy atom. The summed E-state index contributed by atoms with van der Waals surface area (Å²) in [5.41, 5.74) is -0.929. The van der Waals surface area contributed by atoms with Crippen molar-refractivity contribution < 1.29 is 27.2 Å². The Hall–Kier alpha value is -2.07. The van der Waals surface area contributed by atoms with Crippen LogP contribution in [0, 0.1) is 10.1 Å². The minimum atomic E-state index is -4.86. The molecular formula is C15H14F3N4O4P. The van der Waals surface area contributed by atoms with Crippen LogP contribution in [0.25, 0.3) is 10.9 Å². The van der Waals surface area contributed by atoms with Gasteiger partial charge in [0.25, 0.3) is 5.69 Å². The highest BCUT2D eigenvalue weighted by Crippen LogP contribution is 2.65. The topological polar surface area (TPSA) is 88.4 Å². The quantitative estimate of drug-likeness (QED) is 0.316.